The summed E-state index contributed by atoms with van der Waals surface area (Å²) in [6.07, 6.45) is 1.96. The number of nitrogens with zero attached hydrogens (tertiary/aromatic N) is 2. The van der Waals surface area contributed by atoms with E-state index in [0.717, 1.165) is 25.5 Å². The molecule has 1 atom stereocenters. The number of nitrogens with one attached hydrogen (secondary N) is 1. The van der Waals surface area contributed by atoms with Crippen LogP contribution in [-0.2, 0) is 16.7 Å². The highest BCUT2D eigenvalue weighted by Crippen LogP contribution is 2.27. The van der Waals surface area contributed by atoms with Crippen LogP contribution in [0.3, 0.4) is 0 Å². The molecule has 0 saturated carbocycles. The molecule has 0 bridgehead atoms. The smallest absolute Gasteiger partial charge is 0.126 e. The number of H-pyrrole nitrogens is 1. The fourth-order valence-corrected chi connectivity index (χ4v) is 2.78. The quantitative estimate of drug-likeness (QED) is 0.945. The average Bonchev–Trinajstić information content (AvgIpc) is 2.99. The molecule has 0 amide bonds. The summed E-state index contributed by atoms with van der Waals surface area (Å²) in [4.78, 5) is 10.6. The highest BCUT2D eigenvalue weighted by atomic mass is 16.5. The molecule has 2 aromatic rings. The van der Waals surface area contributed by atoms with E-state index in [1.165, 1.54) is 11.3 Å². The monoisotopic (exact) mass is 299 g/mol. The second kappa shape index (κ2) is 6.23. The Kier molecular flexibility index (Phi) is 4.32. The standard InChI is InChI=1S/C18H25N3O/c1-18(2,3)16-11-19-17(20-16)15-13-22-10-9-21(15)12-14-7-5-4-6-8-14/h4-8,11,15H,9-10,12-13H2,1-3H3,(H,19,20). The van der Waals surface area contributed by atoms with Gasteiger partial charge in [-0.05, 0) is 5.56 Å². The number of imidazole rings is 1. The van der Waals surface area contributed by atoms with Gasteiger partial charge in [0.2, 0.25) is 0 Å². The van der Waals surface area contributed by atoms with Gasteiger partial charge in [0, 0.05) is 30.4 Å². The molecule has 4 heteroatoms. The van der Waals surface area contributed by atoms with Gasteiger partial charge in [-0.25, -0.2) is 4.98 Å². The van der Waals surface area contributed by atoms with Crippen LogP contribution in [0.4, 0.5) is 0 Å². The molecule has 1 N–H and O–H groups in total. The van der Waals surface area contributed by atoms with Gasteiger partial charge in [-0.1, -0.05) is 51.1 Å². The lowest BCUT2D eigenvalue weighted by atomic mass is 9.93. The molecular weight excluding hydrogens is 274 g/mol. The van der Waals surface area contributed by atoms with Crippen LogP contribution in [0.1, 0.15) is 43.9 Å². The van der Waals surface area contributed by atoms with Gasteiger partial charge in [-0.15, -0.1) is 0 Å². The van der Waals surface area contributed by atoms with Crippen molar-refractivity contribution in [3.8, 4) is 0 Å². The largest absolute Gasteiger partial charge is 0.378 e. The van der Waals surface area contributed by atoms with Crippen molar-refractivity contribution in [3.05, 3.63) is 53.6 Å². The molecule has 1 aliphatic rings. The predicted molar refractivity (Wildman–Crippen MR) is 87.7 cm³/mol. The third-order valence-corrected chi connectivity index (χ3v) is 4.19. The Labute approximate surface area is 132 Å². The number of hydrogen-bond acceptors (Lipinski definition) is 3. The van der Waals surface area contributed by atoms with Crippen LogP contribution in [0.25, 0.3) is 0 Å². The van der Waals surface area contributed by atoms with E-state index < -0.39 is 0 Å². The van der Waals surface area contributed by atoms with Crippen molar-refractivity contribution in [2.24, 2.45) is 0 Å². The minimum Gasteiger partial charge on any atom is -0.378 e. The van der Waals surface area contributed by atoms with Crippen molar-refractivity contribution in [1.29, 1.82) is 0 Å². The van der Waals surface area contributed by atoms with Crippen LogP contribution >= 0.6 is 0 Å². The van der Waals surface area contributed by atoms with Crippen molar-refractivity contribution < 1.29 is 4.74 Å². The number of hydrogen-bond donors (Lipinski definition) is 1. The highest BCUT2D eigenvalue weighted by molar-refractivity contribution is 5.17. The number of aromatic nitrogens is 2. The van der Waals surface area contributed by atoms with Gasteiger partial charge in [-0.3, -0.25) is 4.90 Å². The number of aromatic amines is 1. The molecule has 2 heterocycles. The fraction of sp³-hybridized carbons (Fsp3) is 0.500. The van der Waals surface area contributed by atoms with Crippen LogP contribution in [0.15, 0.2) is 36.5 Å². The molecule has 0 aliphatic carbocycles. The topological polar surface area (TPSA) is 41.1 Å². The zero-order valence-corrected chi connectivity index (χ0v) is 13.7. The normalized spacial score (nSPS) is 20.2. The molecule has 118 valence electrons. The van der Waals surface area contributed by atoms with E-state index in [2.05, 4.69) is 66.0 Å². The van der Waals surface area contributed by atoms with Crippen LogP contribution in [0, 0.1) is 0 Å². The third kappa shape index (κ3) is 3.39. The Morgan fingerprint density at radius 2 is 2.05 bits per heavy atom. The van der Waals surface area contributed by atoms with Gasteiger partial charge in [0.25, 0.3) is 0 Å². The van der Waals surface area contributed by atoms with E-state index in [1.807, 2.05) is 6.20 Å². The molecular formula is C18H25N3O. The lowest BCUT2D eigenvalue weighted by molar-refractivity contribution is -0.0157. The van der Waals surface area contributed by atoms with Crippen molar-refractivity contribution in [1.82, 2.24) is 14.9 Å². The molecule has 0 radical (unpaired) electrons. The molecule has 1 fully saturated rings. The summed E-state index contributed by atoms with van der Waals surface area (Å²) < 4.78 is 5.70. The van der Waals surface area contributed by atoms with E-state index in [4.69, 9.17) is 4.74 Å². The molecule has 4 nitrogen and oxygen atoms in total. The lowest BCUT2D eigenvalue weighted by Crippen LogP contribution is -2.39. The fourth-order valence-electron chi connectivity index (χ4n) is 2.78. The molecule has 1 aromatic carbocycles. The number of morpholine rings is 1. The van der Waals surface area contributed by atoms with Gasteiger partial charge in [0.1, 0.15) is 5.82 Å². The van der Waals surface area contributed by atoms with Crippen molar-refractivity contribution in [3.63, 3.8) is 0 Å². The summed E-state index contributed by atoms with van der Waals surface area (Å²) >= 11 is 0. The van der Waals surface area contributed by atoms with Crippen LogP contribution in [0.5, 0.6) is 0 Å². The summed E-state index contributed by atoms with van der Waals surface area (Å²) in [5.74, 6) is 1.01. The Morgan fingerprint density at radius 1 is 1.27 bits per heavy atom. The summed E-state index contributed by atoms with van der Waals surface area (Å²) in [6.45, 7) is 9.95. The first-order chi connectivity index (χ1) is 10.5. The summed E-state index contributed by atoms with van der Waals surface area (Å²) in [7, 11) is 0. The van der Waals surface area contributed by atoms with E-state index in [0.29, 0.717) is 6.61 Å². The lowest BCUT2D eigenvalue weighted by Gasteiger charge is -2.34. The molecule has 1 aromatic heterocycles. The summed E-state index contributed by atoms with van der Waals surface area (Å²) in [6, 6.07) is 10.8. The Bertz CT molecular complexity index is 600. The Balaban J connectivity index is 1.79. The first-order valence-corrected chi connectivity index (χ1v) is 7.95. The minimum atomic E-state index is 0.0883. The van der Waals surface area contributed by atoms with E-state index in [-0.39, 0.29) is 11.5 Å². The predicted octanol–water partition coefficient (Wildman–Crippen LogP) is 3.28. The molecule has 0 spiro atoms. The van der Waals surface area contributed by atoms with E-state index >= 15 is 0 Å². The Hall–Kier alpha value is -1.65. The second-order valence-corrected chi connectivity index (χ2v) is 6.98. The van der Waals surface area contributed by atoms with Crippen LogP contribution in [-0.4, -0.2) is 34.6 Å². The zero-order chi connectivity index (χ0) is 15.6. The van der Waals surface area contributed by atoms with Crippen molar-refractivity contribution in [2.45, 2.75) is 38.8 Å². The number of benzene rings is 1. The average molecular weight is 299 g/mol. The minimum absolute atomic E-state index is 0.0883. The SMILES string of the molecule is CC(C)(C)c1cnc(C2COCCN2Cc2ccccc2)[nH]1. The molecule has 1 unspecified atom stereocenters. The van der Waals surface area contributed by atoms with Gasteiger partial charge in [-0.2, -0.15) is 0 Å². The van der Waals surface area contributed by atoms with Crippen molar-refractivity contribution >= 4 is 0 Å². The first-order valence-electron chi connectivity index (χ1n) is 7.95. The third-order valence-electron chi connectivity index (χ3n) is 4.19. The van der Waals surface area contributed by atoms with Crippen molar-refractivity contribution in [2.75, 3.05) is 19.8 Å². The molecule has 22 heavy (non-hydrogen) atoms. The van der Waals surface area contributed by atoms with E-state index in [1.54, 1.807) is 0 Å². The summed E-state index contributed by atoms with van der Waals surface area (Å²) in [5, 5.41) is 0. The zero-order valence-electron chi connectivity index (χ0n) is 13.7. The number of rotatable bonds is 3. The second-order valence-electron chi connectivity index (χ2n) is 6.98. The Morgan fingerprint density at radius 3 is 2.73 bits per heavy atom. The maximum absolute atomic E-state index is 5.70. The first kappa shape index (κ1) is 15.3. The van der Waals surface area contributed by atoms with Crippen LogP contribution in [0.2, 0.25) is 0 Å². The van der Waals surface area contributed by atoms with E-state index in [9.17, 15) is 0 Å². The van der Waals surface area contributed by atoms with Gasteiger partial charge in [0.05, 0.1) is 19.3 Å². The molecule has 3 rings (SSSR count). The maximum Gasteiger partial charge on any atom is 0.126 e. The summed E-state index contributed by atoms with van der Waals surface area (Å²) in [5.41, 5.74) is 2.59. The molecule has 1 saturated heterocycles. The van der Waals surface area contributed by atoms with Gasteiger partial charge < -0.3 is 9.72 Å². The maximum atomic E-state index is 5.70. The molecule has 1 aliphatic heterocycles. The van der Waals surface area contributed by atoms with Crippen LogP contribution < -0.4 is 0 Å². The van der Waals surface area contributed by atoms with Gasteiger partial charge >= 0.3 is 0 Å². The highest BCUT2D eigenvalue weighted by Gasteiger charge is 2.28. The number of ether oxygens (including phenoxy) is 1. The van der Waals surface area contributed by atoms with Gasteiger partial charge in [0.15, 0.2) is 0 Å².